The summed E-state index contributed by atoms with van der Waals surface area (Å²) in [6, 6.07) is 0. The molecule has 0 spiro atoms. The van der Waals surface area contributed by atoms with Crippen LogP contribution in [0.3, 0.4) is 0 Å². The molecule has 1 heterocycles. The Morgan fingerprint density at radius 3 is 2.84 bits per heavy atom. The molecule has 3 atom stereocenters. The van der Waals surface area contributed by atoms with Gasteiger partial charge in [-0.05, 0) is 32.6 Å². The van der Waals surface area contributed by atoms with E-state index in [-0.39, 0.29) is 24.5 Å². The van der Waals surface area contributed by atoms with Crippen molar-refractivity contribution in [2.45, 2.75) is 45.0 Å². The van der Waals surface area contributed by atoms with E-state index in [2.05, 4.69) is 0 Å². The summed E-state index contributed by atoms with van der Waals surface area (Å²) in [5, 5.41) is 9.35. The van der Waals surface area contributed by atoms with Gasteiger partial charge < -0.3 is 14.6 Å². The first-order valence-electron chi connectivity index (χ1n) is 7.05. The van der Waals surface area contributed by atoms with Crippen molar-refractivity contribution in [3.05, 3.63) is 0 Å². The van der Waals surface area contributed by atoms with E-state index in [1.807, 2.05) is 13.8 Å². The van der Waals surface area contributed by atoms with Gasteiger partial charge in [-0.2, -0.15) is 11.8 Å². The predicted molar refractivity (Wildman–Crippen MR) is 75.2 cm³/mol. The minimum atomic E-state index is -0.473. The zero-order valence-electron chi connectivity index (χ0n) is 11.8. The summed E-state index contributed by atoms with van der Waals surface area (Å²) in [4.78, 5) is 11.9. The first-order chi connectivity index (χ1) is 9.02. The van der Waals surface area contributed by atoms with E-state index in [0.29, 0.717) is 18.8 Å². The minimum Gasteiger partial charge on any atom is -0.396 e. The molecule has 5 heteroatoms. The lowest BCUT2D eigenvalue weighted by Crippen LogP contribution is -2.33. The number of ether oxygens (including phenoxy) is 2. The number of carbonyl (C=O) groups is 1. The van der Waals surface area contributed by atoms with Crippen molar-refractivity contribution in [3.63, 3.8) is 0 Å². The van der Waals surface area contributed by atoms with E-state index >= 15 is 0 Å². The van der Waals surface area contributed by atoms with Gasteiger partial charge in [0.2, 0.25) is 0 Å². The van der Waals surface area contributed by atoms with Crippen LogP contribution in [0.4, 0.5) is 0 Å². The number of hydrogen-bond donors (Lipinski definition) is 1. The molecular weight excluding hydrogens is 264 g/mol. The standard InChI is InChI=1S/C14H24O4S/c1-14(2)17-7-11(18-14)8-19-9-12-10(6-15)4-3-5-13(12)16/h10-12,15H,3-9H2,1-2H3. The van der Waals surface area contributed by atoms with Gasteiger partial charge in [0.05, 0.1) is 12.7 Å². The fourth-order valence-electron chi connectivity index (χ4n) is 2.81. The average molecular weight is 288 g/mol. The van der Waals surface area contributed by atoms with Gasteiger partial charge in [0.25, 0.3) is 0 Å². The molecule has 0 bridgehead atoms. The molecule has 0 aromatic heterocycles. The van der Waals surface area contributed by atoms with Crippen LogP contribution in [-0.4, -0.2) is 47.5 Å². The molecule has 0 aromatic rings. The number of aliphatic hydroxyl groups excluding tert-OH is 1. The molecule has 1 N–H and O–H groups in total. The Bertz CT molecular complexity index is 319. The number of thioether (sulfide) groups is 1. The highest BCUT2D eigenvalue weighted by atomic mass is 32.2. The third kappa shape index (κ3) is 4.18. The summed E-state index contributed by atoms with van der Waals surface area (Å²) >= 11 is 1.74. The molecule has 0 aromatic carbocycles. The highest BCUT2D eigenvalue weighted by Crippen LogP contribution is 2.31. The summed E-state index contributed by atoms with van der Waals surface area (Å²) in [6.45, 7) is 4.60. The Kier molecular flexibility index (Phi) is 5.29. The average Bonchev–Trinajstić information content (AvgIpc) is 2.71. The zero-order chi connectivity index (χ0) is 13.9. The highest BCUT2D eigenvalue weighted by Gasteiger charge is 2.34. The van der Waals surface area contributed by atoms with E-state index in [0.717, 1.165) is 24.3 Å². The smallest absolute Gasteiger partial charge is 0.163 e. The number of hydrogen-bond acceptors (Lipinski definition) is 5. The van der Waals surface area contributed by atoms with Crippen molar-refractivity contribution < 1.29 is 19.4 Å². The van der Waals surface area contributed by atoms with E-state index < -0.39 is 5.79 Å². The van der Waals surface area contributed by atoms with Crippen molar-refractivity contribution in [2.24, 2.45) is 11.8 Å². The molecule has 2 aliphatic rings. The van der Waals surface area contributed by atoms with Gasteiger partial charge in [-0.25, -0.2) is 0 Å². The second-order valence-corrected chi connectivity index (χ2v) is 6.97. The van der Waals surface area contributed by atoms with Crippen molar-refractivity contribution in [1.29, 1.82) is 0 Å². The van der Waals surface area contributed by atoms with Crippen molar-refractivity contribution in [3.8, 4) is 0 Å². The maximum Gasteiger partial charge on any atom is 0.163 e. The summed E-state index contributed by atoms with van der Waals surface area (Å²) in [7, 11) is 0. The Morgan fingerprint density at radius 1 is 1.42 bits per heavy atom. The Balaban J connectivity index is 1.73. The summed E-state index contributed by atoms with van der Waals surface area (Å²) in [5.74, 6) is 1.68. The van der Waals surface area contributed by atoms with Gasteiger partial charge in [-0.3, -0.25) is 4.79 Å². The molecule has 1 aliphatic heterocycles. The van der Waals surface area contributed by atoms with Crippen LogP contribution in [0.1, 0.15) is 33.1 Å². The largest absolute Gasteiger partial charge is 0.396 e. The van der Waals surface area contributed by atoms with Crippen LogP contribution in [-0.2, 0) is 14.3 Å². The van der Waals surface area contributed by atoms with Crippen LogP contribution in [0.15, 0.2) is 0 Å². The van der Waals surface area contributed by atoms with Crippen LogP contribution in [0.5, 0.6) is 0 Å². The first kappa shape index (κ1) is 15.3. The van der Waals surface area contributed by atoms with E-state index in [1.165, 1.54) is 0 Å². The molecule has 2 fully saturated rings. The van der Waals surface area contributed by atoms with Crippen LogP contribution in [0.25, 0.3) is 0 Å². The van der Waals surface area contributed by atoms with Gasteiger partial charge in [-0.1, -0.05) is 0 Å². The summed E-state index contributed by atoms with van der Waals surface area (Å²) in [5.41, 5.74) is 0. The molecule has 4 nitrogen and oxygen atoms in total. The first-order valence-corrected chi connectivity index (χ1v) is 8.20. The molecule has 3 unspecified atom stereocenters. The lowest BCUT2D eigenvalue weighted by molar-refractivity contribution is -0.135. The van der Waals surface area contributed by atoms with Crippen molar-refractivity contribution >= 4 is 17.5 Å². The zero-order valence-corrected chi connectivity index (χ0v) is 12.6. The molecule has 1 aliphatic carbocycles. The normalized spacial score (nSPS) is 34.7. The van der Waals surface area contributed by atoms with Crippen molar-refractivity contribution in [2.75, 3.05) is 24.7 Å². The Labute approximate surface area is 119 Å². The molecule has 2 rings (SSSR count). The van der Waals surface area contributed by atoms with Gasteiger partial charge in [0.1, 0.15) is 5.78 Å². The summed E-state index contributed by atoms with van der Waals surface area (Å²) < 4.78 is 11.3. The SMILES string of the molecule is CC1(C)OCC(CSCC2C(=O)CCCC2CO)O1. The fourth-order valence-corrected chi connectivity index (χ4v) is 4.08. The van der Waals surface area contributed by atoms with Gasteiger partial charge in [-0.15, -0.1) is 0 Å². The Morgan fingerprint density at radius 2 is 2.21 bits per heavy atom. The highest BCUT2D eigenvalue weighted by molar-refractivity contribution is 7.99. The minimum absolute atomic E-state index is 0.0269. The van der Waals surface area contributed by atoms with Crippen LogP contribution in [0, 0.1) is 11.8 Å². The number of carbonyl (C=O) groups excluding carboxylic acids is 1. The van der Waals surface area contributed by atoms with Gasteiger partial charge >= 0.3 is 0 Å². The number of aliphatic hydroxyl groups is 1. The number of ketones is 1. The molecule has 110 valence electrons. The lowest BCUT2D eigenvalue weighted by atomic mass is 9.80. The van der Waals surface area contributed by atoms with E-state index in [1.54, 1.807) is 11.8 Å². The lowest BCUT2D eigenvalue weighted by Gasteiger charge is -2.28. The molecular formula is C14H24O4S. The molecule has 0 radical (unpaired) electrons. The van der Waals surface area contributed by atoms with Crippen molar-refractivity contribution in [1.82, 2.24) is 0 Å². The molecule has 19 heavy (non-hydrogen) atoms. The third-order valence-electron chi connectivity index (χ3n) is 3.88. The number of Topliss-reactive ketones (excluding diaryl/α,β-unsaturated/α-hetero) is 1. The maximum absolute atomic E-state index is 11.9. The molecule has 1 saturated carbocycles. The second-order valence-electron chi connectivity index (χ2n) is 5.90. The topological polar surface area (TPSA) is 55.8 Å². The van der Waals surface area contributed by atoms with E-state index in [4.69, 9.17) is 9.47 Å². The fraction of sp³-hybridized carbons (Fsp3) is 0.929. The van der Waals surface area contributed by atoms with E-state index in [9.17, 15) is 9.90 Å². The maximum atomic E-state index is 11.9. The third-order valence-corrected chi connectivity index (χ3v) is 5.09. The summed E-state index contributed by atoms with van der Waals surface area (Å²) in [6.07, 6.45) is 2.70. The van der Waals surface area contributed by atoms with Crippen LogP contribution < -0.4 is 0 Å². The van der Waals surface area contributed by atoms with Crippen LogP contribution >= 0.6 is 11.8 Å². The van der Waals surface area contributed by atoms with Gasteiger partial charge in [0, 0.05) is 30.5 Å². The molecule has 1 saturated heterocycles. The monoisotopic (exact) mass is 288 g/mol. The Hall–Kier alpha value is -0.100. The second kappa shape index (κ2) is 6.57. The molecule has 0 amide bonds. The quantitative estimate of drug-likeness (QED) is 0.836. The number of rotatable bonds is 5. The van der Waals surface area contributed by atoms with Crippen LogP contribution in [0.2, 0.25) is 0 Å². The predicted octanol–water partition coefficient (Wildman–Crippen LogP) is 1.85. The van der Waals surface area contributed by atoms with Gasteiger partial charge in [0.15, 0.2) is 5.79 Å².